The second kappa shape index (κ2) is 14.1. The Morgan fingerprint density at radius 3 is 2.13 bits per heavy atom. The first-order chi connectivity index (χ1) is 10.9. The first-order valence-electron chi connectivity index (χ1n) is 8.10. The Morgan fingerprint density at radius 1 is 0.870 bits per heavy atom. The Kier molecular flexibility index (Phi) is 13.2. The molecule has 2 amide bonds. The van der Waals surface area contributed by atoms with Gasteiger partial charge in [-0.25, -0.2) is 0 Å². The van der Waals surface area contributed by atoms with Gasteiger partial charge in [0.15, 0.2) is 0 Å². The molecule has 0 aliphatic rings. The van der Waals surface area contributed by atoms with Gasteiger partial charge in [0, 0.05) is 19.4 Å². The fourth-order valence-electron chi connectivity index (χ4n) is 1.55. The molecule has 0 aromatic carbocycles. The van der Waals surface area contributed by atoms with Crippen molar-refractivity contribution < 1.29 is 23.9 Å². The highest BCUT2D eigenvalue weighted by atomic mass is 16.5. The van der Waals surface area contributed by atoms with Gasteiger partial charge in [-0.05, 0) is 19.3 Å². The van der Waals surface area contributed by atoms with Crippen LogP contribution >= 0.6 is 0 Å². The van der Waals surface area contributed by atoms with Crippen LogP contribution in [0.5, 0.6) is 0 Å². The first-order valence-corrected chi connectivity index (χ1v) is 8.10. The molecule has 0 aromatic heterocycles. The van der Waals surface area contributed by atoms with Gasteiger partial charge in [-0.2, -0.15) is 0 Å². The van der Waals surface area contributed by atoms with Crippen molar-refractivity contribution in [3.8, 4) is 0 Å². The summed E-state index contributed by atoms with van der Waals surface area (Å²) in [7, 11) is 0. The number of hydrogen-bond acceptors (Lipinski definition) is 5. The molecule has 134 valence electrons. The van der Waals surface area contributed by atoms with E-state index in [9.17, 15) is 14.4 Å². The third-order valence-electron chi connectivity index (χ3n) is 2.93. The Labute approximate surface area is 138 Å². The maximum atomic E-state index is 11.5. The van der Waals surface area contributed by atoms with Crippen LogP contribution in [-0.2, 0) is 23.9 Å². The number of carbonyl (C=O) groups is 3. The molecule has 7 heteroatoms. The van der Waals surface area contributed by atoms with E-state index in [1.165, 1.54) is 6.92 Å². The average molecular weight is 330 g/mol. The number of hydrogen-bond donors (Lipinski definition) is 2. The summed E-state index contributed by atoms with van der Waals surface area (Å²) in [6, 6.07) is 0. The maximum Gasteiger partial charge on any atom is 0.239 e. The predicted octanol–water partition coefficient (Wildman–Crippen LogP) is 0.667. The van der Waals surface area contributed by atoms with Gasteiger partial charge in [0.05, 0.1) is 33.0 Å². The van der Waals surface area contributed by atoms with E-state index in [1.807, 2.05) is 13.8 Å². The van der Waals surface area contributed by atoms with Gasteiger partial charge in [-0.1, -0.05) is 13.8 Å². The predicted molar refractivity (Wildman–Crippen MR) is 87.0 cm³/mol. The van der Waals surface area contributed by atoms with E-state index in [-0.39, 0.29) is 24.1 Å². The molecule has 0 fully saturated rings. The van der Waals surface area contributed by atoms with E-state index in [1.54, 1.807) is 0 Å². The van der Waals surface area contributed by atoms with E-state index in [4.69, 9.17) is 9.47 Å². The number of nitrogens with one attached hydrogen (secondary N) is 2. The van der Waals surface area contributed by atoms with E-state index in [2.05, 4.69) is 10.6 Å². The van der Waals surface area contributed by atoms with Crippen LogP contribution in [0.1, 0.15) is 40.0 Å². The largest absolute Gasteiger partial charge is 0.379 e. The lowest BCUT2D eigenvalue weighted by molar-refractivity contribution is -0.126. The normalized spacial score (nSPS) is 10.6. The average Bonchev–Trinajstić information content (AvgIpc) is 2.48. The van der Waals surface area contributed by atoms with E-state index < -0.39 is 0 Å². The lowest BCUT2D eigenvalue weighted by atomic mass is 10.1. The number of ether oxygens (including phenoxy) is 2. The highest BCUT2D eigenvalue weighted by Crippen LogP contribution is 2.02. The number of amides is 2. The van der Waals surface area contributed by atoms with Gasteiger partial charge in [-0.15, -0.1) is 0 Å². The SMILES string of the molecule is CC(=O)CCOCCOCCNC(=O)CNC(=O)CCC(C)C. The molecule has 23 heavy (non-hydrogen) atoms. The van der Waals surface area contributed by atoms with Crippen LogP contribution in [0.25, 0.3) is 0 Å². The quantitative estimate of drug-likeness (QED) is 0.457. The highest BCUT2D eigenvalue weighted by Gasteiger charge is 2.06. The summed E-state index contributed by atoms with van der Waals surface area (Å²) in [4.78, 5) is 33.6. The Bertz CT molecular complexity index is 358. The van der Waals surface area contributed by atoms with Crippen molar-refractivity contribution in [2.45, 2.75) is 40.0 Å². The van der Waals surface area contributed by atoms with E-state index in [0.29, 0.717) is 51.7 Å². The van der Waals surface area contributed by atoms with Gasteiger partial charge >= 0.3 is 0 Å². The summed E-state index contributed by atoms with van der Waals surface area (Å²) < 4.78 is 10.5. The maximum absolute atomic E-state index is 11.5. The van der Waals surface area contributed by atoms with Crippen molar-refractivity contribution in [1.82, 2.24) is 10.6 Å². The van der Waals surface area contributed by atoms with Crippen LogP contribution in [0.3, 0.4) is 0 Å². The zero-order valence-electron chi connectivity index (χ0n) is 14.5. The Morgan fingerprint density at radius 2 is 1.52 bits per heavy atom. The molecule has 0 radical (unpaired) electrons. The Balaban J connectivity index is 3.36. The highest BCUT2D eigenvalue weighted by molar-refractivity contribution is 5.84. The number of carbonyl (C=O) groups excluding carboxylic acids is 3. The fraction of sp³-hybridized carbons (Fsp3) is 0.812. The van der Waals surface area contributed by atoms with Gasteiger partial charge in [-0.3, -0.25) is 14.4 Å². The molecule has 0 atom stereocenters. The lowest BCUT2D eigenvalue weighted by Gasteiger charge is -2.08. The molecule has 0 aliphatic carbocycles. The topological polar surface area (TPSA) is 93.7 Å². The third kappa shape index (κ3) is 16.7. The van der Waals surface area contributed by atoms with Gasteiger partial charge in [0.2, 0.25) is 11.8 Å². The molecular weight excluding hydrogens is 300 g/mol. The summed E-state index contributed by atoms with van der Waals surface area (Å²) >= 11 is 0. The minimum Gasteiger partial charge on any atom is -0.379 e. The summed E-state index contributed by atoms with van der Waals surface area (Å²) in [5.41, 5.74) is 0. The summed E-state index contributed by atoms with van der Waals surface area (Å²) in [6.07, 6.45) is 1.67. The van der Waals surface area contributed by atoms with Crippen LogP contribution in [-0.4, -0.2) is 57.1 Å². The van der Waals surface area contributed by atoms with Crippen molar-refractivity contribution in [2.24, 2.45) is 5.92 Å². The molecule has 0 rings (SSSR count). The second-order valence-electron chi connectivity index (χ2n) is 5.74. The molecule has 0 heterocycles. The van der Waals surface area contributed by atoms with Crippen LogP contribution in [0.15, 0.2) is 0 Å². The molecular formula is C16H30N2O5. The van der Waals surface area contributed by atoms with Crippen LogP contribution in [0, 0.1) is 5.92 Å². The van der Waals surface area contributed by atoms with E-state index in [0.717, 1.165) is 6.42 Å². The zero-order chi connectivity index (χ0) is 17.5. The Hall–Kier alpha value is -1.47. The van der Waals surface area contributed by atoms with Crippen molar-refractivity contribution >= 4 is 17.6 Å². The summed E-state index contributed by atoms with van der Waals surface area (Å²) in [6.45, 7) is 7.62. The number of rotatable bonds is 14. The van der Waals surface area contributed by atoms with E-state index >= 15 is 0 Å². The molecule has 0 aliphatic heterocycles. The molecule has 0 aromatic rings. The van der Waals surface area contributed by atoms with Gasteiger partial charge < -0.3 is 20.1 Å². The fourth-order valence-corrected chi connectivity index (χ4v) is 1.55. The molecule has 7 nitrogen and oxygen atoms in total. The van der Waals surface area contributed by atoms with Crippen LogP contribution in [0.4, 0.5) is 0 Å². The second-order valence-corrected chi connectivity index (χ2v) is 5.74. The molecule has 0 bridgehead atoms. The minimum atomic E-state index is -0.232. The lowest BCUT2D eigenvalue weighted by Crippen LogP contribution is -2.38. The minimum absolute atomic E-state index is 0.00884. The van der Waals surface area contributed by atoms with Crippen molar-refractivity contribution in [1.29, 1.82) is 0 Å². The van der Waals surface area contributed by atoms with Crippen molar-refractivity contribution in [3.05, 3.63) is 0 Å². The van der Waals surface area contributed by atoms with Crippen molar-refractivity contribution in [3.63, 3.8) is 0 Å². The zero-order valence-corrected chi connectivity index (χ0v) is 14.5. The molecule has 0 unspecified atom stereocenters. The molecule has 0 spiro atoms. The van der Waals surface area contributed by atoms with Crippen LogP contribution < -0.4 is 10.6 Å². The van der Waals surface area contributed by atoms with Gasteiger partial charge in [0.25, 0.3) is 0 Å². The van der Waals surface area contributed by atoms with Gasteiger partial charge in [0.1, 0.15) is 5.78 Å². The molecule has 0 saturated heterocycles. The molecule has 2 N–H and O–H groups in total. The summed E-state index contributed by atoms with van der Waals surface area (Å²) in [5, 5.41) is 5.24. The molecule has 0 saturated carbocycles. The first kappa shape index (κ1) is 21.5. The standard InChI is InChI=1S/C16H30N2O5/c1-13(2)4-5-15(20)18-12-16(21)17-7-9-23-11-10-22-8-6-14(3)19/h13H,4-12H2,1-3H3,(H,17,21)(H,18,20). The number of Topliss-reactive ketones (excluding diaryl/α,β-unsaturated/α-hetero) is 1. The van der Waals surface area contributed by atoms with Crippen molar-refractivity contribution in [2.75, 3.05) is 39.5 Å². The summed E-state index contributed by atoms with van der Waals surface area (Å²) in [5.74, 6) is 0.236. The third-order valence-corrected chi connectivity index (χ3v) is 2.93. The van der Waals surface area contributed by atoms with Crippen LogP contribution in [0.2, 0.25) is 0 Å². The smallest absolute Gasteiger partial charge is 0.239 e. The monoisotopic (exact) mass is 330 g/mol. The number of ketones is 1.